The molecule has 10 heteroatoms. The molecule has 0 atom stereocenters. The zero-order valence-corrected chi connectivity index (χ0v) is 20.9. The number of carbonyl (C=O) groups is 4. The number of barbiturate groups is 1. The van der Waals surface area contributed by atoms with E-state index in [4.69, 9.17) is 9.47 Å². The highest BCUT2D eigenvalue weighted by Gasteiger charge is 2.36. The summed E-state index contributed by atoms with van der Waals surface area (Å²) in [4.78, 5) is 51.0. The van der Waals surface area contributed by atoms with E-state index in [1.165, 1.54) is 43.5 Å². The lowest BCUT2D eigenvalue weighted by atomic mass is 10.1. The molecule has 1 saturated heterocycles. The van der Waals surface area contributed by atoms with Gasteiger partial charge in [-0.25, -0.2) is 9.69 Å². The molecule has 1 heterocycles. The lowest BCUT2D eigenvalue weighted by Crippen LogP contribution is -2.54. The van der Waals surface area contributed by atoms with Crippen molar-refractivity contribution in [2.45, 2.75) is 13.8 Å². The molecule has 0 unspecified atom stereocenters. The Morgan fingerprint density at radius 3 is 2.42 bits per heavy atom. The van der Waals surface area contributed by atoms with E-state index >= 15 is 0 Å². The van der Waals surface area contributed by atoms with Gasteiger partial charge in [0.15, 0.2) is 18.1 Å². The van der Waals surface area contributed by atoms with Crippen LogP contribution in [0.4, 0.5) is 16.2 Å². The van der Waals surface area contributed by atoms with Crippen LogP contribution in [0.2, 0.25) is 0 Å². The number of phenolic OH excluding ortho intramolecular Hbond substituents is 1. The van der Waals surface area contributed by atoms with Gasteiger partial charge in [-0.1, -0.05) is 23.8 Å². The highest BCUT2D eigenvalue weighted by Crippen LogP contribution is 2.30. The number of imide groups is 2. The van der Waals surface area contributed by atoms with E-state index in [-0.39, 0.29) is 41.0 Å². The predicted molar refractivity (Wildman–Crippen MR) is 140 cm³/mol. The van der Waals surface area contributed by atoms with Crippen molar-refractivity contribution in [3.05, 3.63) is 82.9 Å². The number of amides is 5. The van der Waals surface area contributed by atoms with Crippen LogP contribution in [0.25, 0.3) is 6.08 Å². The van der Waals surface area contributed by atoms with Crippen LogP contribution in [0, 0.1) is 13.8 Å². The highest BCUT2D eigenvalue weighted by atomic mass is 16.5. The molecule has 3 aromatic rings. The van der Waals surface area contributed by atoms with Gasteiger partial charge in [0.1, 0.15) is 11.3 Å². The molecular formula is C28H25N3O7. The van der Waals surface area contributed by atoms with Gasteiger partial charge in [0.2, 0.25) is 0 Å². The summed E-state index contributed by atoms with van der Waals surface area (Å²) in [7, 11) is 1.42. The van der Waals surface area contributed by atoms with Gasteiger partial charge in [-0.15, -0.1) is 0 Å². The summed E-state index contributed by atoms with van der Waals surface area (Å²) in [5, 5.41) is 14.4. The first-order valence-electron chi connectivity index (χ1n) is 11.5. The van der Waals surface area contributed by atoms with E-state index in [9.17, 15) is 24.3 Å². The van der Waals surface area contributed by atoms with Crippen molar-refractivity contribution in [3.8, 4) is 17.2 Å². The highest BCUT2D eigenvalue weighted by molar-refractivity contribution is 6.39. The third-order valence-electron chi connectivity index (χ3n) is 5.72. The number of hydrogen-bond donors (Lipinski definition) is 3. The molecule has 4 rings (SSSR count). The van der Waals surface area contributed by atoms with Crippen LogP contribution in [0.5, 0.6) is 17.2 Å². The third-order valence-corrected chi connectivity index (χ3v) is 5.72. The van der Waals surface area contributed by atoms with Crippen LogP contribution in [0.15, 0.2) is 66.2 Å². The molecular weight excluding hydrogens is 490 g/mol. The summed E-state index contributed by atoms with van der Waals surface area (Å²) < 4.78 is 11.0. The molecule has 10 nitrogen and oxygen atoms in total. The first-order valence-corrected chi connectivity index (χ1v) is 11.5. The Balaban J connectivity index is 1.50. The maximum Gasteiger partial charge on any atom is 0.335 e. The largest absolute Gasteiger partial charge is 0.508 e. The van der Waals surface area contributed by atoms with Crippen LogP contribution in [0.3, 0.4) is 0 Å². The lowest BCUT2D eigenvalue weighted by molar-refractivity contribution is -0.122. The van der Waals surface area contributed by atoms with Gasteiger partial charge in [0.05, 0.1) is 12.8 Å². The number of benzene rings is 3. The molecule has 1 fully saturated rings. The van der Waals surface area contributed by atoms with Gasteiger partial charge in [0, 0.05) is 5.69 Å². The Morgan fingerprint density at radius 2 is 1.74 bits per heavy atom. The fourth-order valence-electron chi connectivity index (χ4n) is 3.84. The number of methoxy groups -OCH3 is 1. The van der Waals surface area contributed by atoms with E-state index in [1.54, 1.807) is 12.1 Å². The molecule has 0 bridgehead atoms. The molecule has 0 spiro atoms. The SMILES string of the molecule is COc1cc(C=C2C(=O)NC(=O)N(c3ccc(O)cc3)C2=O)ccc1OCC(=O)Nc1ccc(C)cc1C. The minimum atomic E-state index is -0.900. The summed E-state index contributed by atoms with van der Waals surface area (Å²) in [6, 6.07) is 14.8. The summed E-state index contributed by atoms with van der Waals surface area (Å²) in [6.07, 6.45) is 1.32. The number of aryl methyl sites for hydroxylation is 2. The van der Waals surface area contributed by atoms with Crippen LogP contribution in [0.1, 0.15) is 16.7 Å². The molecule has 0 saturated carbocycles. The number of carbonyl (C=O) groups excluding carboxylic acids is 4. The molecule has 3 N–H and O–H groups in total. The Bertz CT molecular complexity index is 1460. The number of aromatic hydroxyl groups is 1. The first kappa shape index (κ1) is 26.0. The summed E-state index contributed by atoms with van der Waals surface area (Å²) in [5.41, 5.74) is 3.04. The predicted octanol–water partition coefficient (Wildman–Crippen LogP) is 3.70. The Hall–Kier alpha value is -5.12. The van der Waals surface area contributed by atoms with Gasteiger partial charge in [-0.3, -0.25) is 19.7 Å². The maximum absolute atomic E-state index is 13.0. The number of urea groups is 1. The lowest BCUT2D eigenvalue weighted by Gasteiger charge is -2.26. The van der Waals surface area contributed by atoms with Crippen molar-refractivity contribution in [2.75, 3.05) is 23.9 Å². The molecule has 0 aliphatic carbocycles. The Labute approximate surface area is 218 Å². The molecule has 0 radical (unpaired) electrons. The second kappa shape index (κ2) is 10.9. The number of ether oxygens (including phenoxy) is 2. The second-order valence-electron chi connectivity index (χ2n) is 8.54. The van der Waals surface area contributed by atoms with Gasteiger partial charge in [-0.2, -0.15) is 0 Å². The topological polar surface area (TPSA) is 134 Å². The summed E-state index contributed by atoms with van der Waals surface area (Å²) in [6.45, 7) is 3.60. The second-order valence-corrected chi connectivity index (χ2v) is 8.54. The van der Waals surface area contributed by atoms with Gasteiger partial charge >= 0.3 is 6.03 Å². The molecule has 5 amide bonds. The minimum Gasteiger partial charge on any atom is -0.508 e. The van der Waals surface area contributed by atoms with Crippen LogP contribution in [-0.4, -0.2) is 42.6 Å². The number of rotatable bonds is 7. The van der Waals surface area contributed by atoms with E-state index in [1.807, 2.05) is 32.0 Å². The molecule has 3 aromatic carbocycles. The number of phenols is 1. The molecule has 194 valence electrons. The van der Waals surface area contributed by atoms with E-state index < -0.39 is 17.8 Å². The maximum atomic E-state index is 13.0. The fourth-order valence-corrected chi connectivity index (χ4v) is 3.84. The Kier molecular flexibility index (Phi) is 7.43. The van der Waals surface area contributed by atoms with Crippen molar-refractivity contribution in [1.82, 2.24) is 5.32 Å². The quantitative estimate of drug-likeness (QED) is 0.323. The van der Waals surface area contributed by atoms with Crippen molar-refractivity contribution < 1.29 is 33.8 Å². The zero-order valence-electron chi connectivity index (χ0n) is 20.9. The van der Waals surface area contributed by atoms with Gasteiger partial charge in [-0.05, 0) is 73.5 Å². The monoisotopic (exact) mass is 515 g/mol. The van der Waals surface area contributed by atoms with Crippen LogP contribution < -0.4 is 25.0 Å². The molecule has 1 aliphatic heterocycles. The van der Waals surface area contributed by atoms with Crippen LogP contribution in [-0.2, 0) is 14.4 Å². The van der Waals surface area contributed by atoms with Gasteiger partial charge < -0.3 is 19.9 Å². The standard InChI is InChI=1S/C28H25N3O7/c1-16-4-10-22(17(2)12-16)29-25(33)15-38-23-11-5-18(14-24(23)37-3)13-21-26(34)30-28(36)31(27(21)35)19-6-8-20(32)9-7-19/h4-14,32H,15H2,1-3H3,(H,29,33)(H,30,34,36). The van der Waals surface area contributed by atoms with Crippen molar-refractivity contribution >= 4 is 41.2 Å². The fraction of sp³-hybridized carbons (Fsp3) is 0.143. The minimum absolute atomic E-state index is 0.0393. The number of hydrogen-bond acceptors (Lipinski definition) is 7. The van der Waals surface area contributed by atoms with Crippen molar-refractivity contribution in [3.63, 3.8) is 0 Å². The normalized spacial score (nSPS) is 14.3. The zero-order chi connectivity index (χ0) is 27.4. The van der Waals surface area contributed by atoms with Crippen molar-refractivity contribution in [2.24, 2.45) is 0 Å². The Morgan fingerprint density at radius 1 is 1.00 bits per heavy atom. The van der Waals surface area contributed by atoms with Gasteiger partial charge in [0.25, 0.3) is 17.7 Å². The first-order chi connectivity index (χ1) is 18.2. The smallest absolute Gasteiger partial charge is 0.335 e. The van der Waals surface area contributed by atoms with Crippen LogP contribution >= 0.6 is 0 Å². The average Bonchev–Trinajstić information content (AvgIpc) is 2.88. The average molecular weight is 516 g/mol. The summed E-state index contributed by atoms with van der Waals surface area (Å²) >= 11 is 0. The molecule has 38 heavy (non-hydrogen) atoms. The molecule has 0 aromatic heterocycles. The number of anilines is 2. The van der Waals surface area contributed by atoms with Crippen molar-refractivity contribution in [1.29, 1.82) is 0 Å². The number of nitrogens with one attached hydrogen (secondary N) is 2. The third kappa shape index (κ3) is 5.65. The molecule has 1 aliphatic rings. The van der Waals surface area contributed by atoms with E-state index in [0.29, 0.717) is 11.3 Å². The number of nitrogens with zero attached hydrogens (tertiary/aromatic N) is 1. The van der Waals surface area contributed by atoms with E-state index in [2.05, 4.69) is 10.6 Å². The van der Waals surface area contributed by atoms with E-state index in [0.717, 1.165) is 16.0 Å². The summed E-state index contributed by atoms with van der Waals surface area (Å²) in [5.74, 6) is -1.51.